The maximum Gasteiger partial charge on any atom is 0.222 e. The van der Waals surface area contributed by atoms with E-state index in [4.69, 9.17) is 5.73 Å². The Hall–Kier alpha value is -2.17. The van der Waals surface area contributed by atoms with Crippen LogP contribution in [0.25, 0.3) is 10.9 Å². The van der Waals surface area contributed by atoms with Crippen molar-refractivity contribution in [1.82, 2.24) is 9.97 Å². The van der Waals surface area contributed by atoms with Crippen molar-refractivity contribution in [2.75, 3.05) is 17.6 Å². The second-order valence-corrected chi connectivity index (χ2v) is 4.50. The van der Waals surface area contributed by atoms with Crippen molar-refractivity contribution in [2.24, 2.45) is 0 Å². The standard InChI is InChI=1S/C14H18N4O/c1-3-4-7-16-13-11-8-10(9(2)19)5-6-12(11)17-14(15)18-13/h5-6,8H,3-4,7H2,1-2H3,(H3,15,16,17,18). The van der Waals surface area contributed by atoms with Crippen LogP contribution in [0.2, 0.25) is 0 Å². The summed E-state index contributed by atoms with van der Waals surface area (Å²) in [5.74, 6) is 0.958. The lowest BCUT2D eigenvalue weighted by atomic mass is 10.1. The Kier molecular flexibility index (Phi) is 3.94. The number of hydrogen-bond donors (Lipinski definition) is 2. The molecule has 0 radical (unpaired) electrons. The molecule has 0 bridgehead atoms. The predicted molar refractivity (Wildman–Crippen MR) is 77.4 cm³/mol. The molecule has 1 heterocycles. The molecule has 2 rings (SSSR count). The minimum Gasteiger partial charge on any atom is -0.369 e. The first-order valence-electron chi connectivity index (χ1n) is 6.44. The molecule has 0 spiro atoms. The highest BCUT2D eigenvalue weighted by Crippen LogP contribution is 2.22. The number of hydrogen-bond acceptors (Lipinski definition) is 5. The molecule has 3 N–H and O–H groups in total. The molecular formula is C14H18N4O. The van der Waals surface area contributed by atoms with Gasteiger partial charge in [-0.25, -0.2) is 4.98 Å². The van der Waals surface area contributed by atoms with Gasteiger partial charge in [0.25, 0.3) is 0 Å². The van der Waals surface area contributed by atoms with Crippen LogP contribution in [-0.4, -0.2) is 22.3 Å². The second kappa shape index (κ2) is 5.65. The zero-order chi connectivity index (χ0) is 13.8. The molecule has 1 aromatic carbocycles. The van der Waals surface area contributed by atoms with Gasteiger partial charge in [-0.3, -0.25) is 4.79 Å². The van der Waals surface area contributed by atoms with Gasteiger partial charge in [0, 0.05) is 17.5 Å². The van der Waals surface area contributed by atoms with Crippen molar-refractivity contribution in [2.45, 2.75) is 26.7 Å². The van der Waals surface area contributed by atoms with E-state index in [0.717, 1.165) is 30.3 Å². The highest BCUT2D eigenvalue weighted by molar-refractivity contribution is 6.00. The maximum absolute atomic E-state index is 11.4. The quantitative estimate of drug-likeness (QED) is 0.636. The first kappa shape index (κ1) is 13.3. The molecule has 0 amide bonds. The third-order valence-electron chi connectivity index (χ3n) is 2.94. The average Bonchev–Trinajstić information content (AvgIpc) is 2.38. The number of unbranched alkanes of at least 4 members (excludes halogenated alkanes) is 1. The van der Waals surface area contributed by atoms with E-state index in [-0.39, 0.29) is 11.7 Å². The van der Waals surface area contributed by atoms with Gasteiger partial charge in [0.15, 0.2) is 5.78 Å². The van der Waals surface area contributed by atoms with Crippen molar-refractivity contribution in [1.29, 1.82) is 0 Å². The summed E-state index contributed by atoms with van der Waals surface area (Å²) in [6.45, 7) is 4.50. The van der Waals surface area contributed by atoms with Crippen LogP contribution in [0, 0.1) is 0 Å². The van der Waals surface area contributed by atoms with Gasteiger partial charge in [0.2, 0.25) is 5.95 Å². The molecule has 5 heteroatoms. The number of fused-ring (bicyclic) bond motifs is 1. The molecule has 0 aliphatic heterocycles. The van der Waals surface area contributed by atoms with Crippen LogP contribution >= 0.6 is 0 Å². The maximum atomic E-state index is 11.4. The Labute approximate surface area is 112 Å². The zero-order valence-corrected chi connectivity index (χ0v) is 11.2. The number of carbonyl (C=O) groups is 1. The van der Waals surface area contributed by atoms with E-state index < -0.39 is 0 Å². The number of anilines is 2. The Balaban J connectivity index is 2.46. The molecule has 0 aliphatic carbocycles. The van der Waals surface area contributed by atoms with E-state index in [9.17, 15) is 4.79 Å². The molecule has 0 atom stereocenters. The lowest BCUT2D eigenvalue weighted by molar-refractivity contribution is 0.101. The summed E-state index contributed by atoms with van der Waals surface area (Å²) in [6, 6.07) is 5.37. The van der Waals surface area contributed by atoms with Gasteiger partial charge in [-0.2, -0.15) is 4.98 Å². The summed E-state index contributed by atoms with van der Waals surface area (Å²) in [5.41, 5.74) is 7.10. The van der Waals surface area contributed by atoms with E-state index in [1.54, 1.807) is 19.1 Å². The number of nitrogen functional groups attached to an aromatic ring is 1. The van der Waals surface area contributed by atoms with Crippen LogP contribution in [-0.2, 0) is 0 Å². The zero-order valence-electron chi connectivity index (χ0n) is 11.2. The van der Waals surface area contributed by atoms with Crippen molar-refractivity contribution < 1.29 is 4.79 Å². The van der Waals surface area contributed by atoms with Crippen LogP contribution in [0.1, 0.15) is 37.0 Å². The summed E-state index contributed by atoms with van der Waals surface area (Å²) in [7, 11) is 0. The van der Waals surface area contributed by atoms with Crippen LogP contribution in [0.3, 0.4) is 0 Å². The van der Waals surface area contributed by atoms with Gasteiger partial charge in [0.05, 0.1) is 5.52 Å². The smallest absolute Gasteiger partial charge is 0.222 e. The Bertz CT molecular complexity index is 610. The summed E-state index contributed by atoms with van der Waals surface area (Å²) >= 11 is 0. The number of nitrogens with one attached hydrogen (secondary N) is 1. The van der Waals surface area contributed by atoms with Crippen molar-refractivity contribution in [3.63, 3.8) is 0 Å². The van der Waals surface area contributed by atoms with Crippen molar-refractivity contribution in [3.8, 4) is 0 Å². The Morgan fingerprint density at radius 2 is 2.16 bits per heavy atom. The SMILES string of the molecule is CCCCNc1nc(N)nc2ccc(C(C)=O)cc12. The Morgan fingerprint density at radius 3 is 2.84 bits per heavy atom. The summed E-state index contributed by atoms with van der Waals surface area (Å²) in [4.78, 5) is 19.8. The van der Waals surface area contributed by atoms with E-state index in [1.165, 1.54) is 0 Å². The highest BCUT2D eigenvalue weighted by atomic mass is 16.1. The molecule has 5 nitrogen and oxygen atoms in total. The van der Waals surface area contributed by atoms with Crippen LogP contribution in [0.5, 0.6) is 0 Å². The van der Waals surface area contributed by atoms with Crippen LogP contribution in [0.15, 0.2) is 18.2 Å². The molecule has 0 unspecified atom stereocenters. The highest BCUT2D eigenvalue weighted by Gasteiger charge is 2.08. The number of nitrogens with zero attached hydrogens (tertiary/aromatic N) is 2. The number of aromatic nitrogens is 2. The minimum atomic E-state index is 0.0261. The molecular weight excluding hydrogens is 240 g/mol. The topological polar surface area (TPSA) is 80.9 Å². The van der Waals surface area contributed by atoms with Gasteiger partial charge in [-0.15, -0.1) is 0 Å². The fraction of sp³-hybridized carbons (Fsp3) is 0.357. The average molecular weight is 258 g/mol. The largest absolute Gasteiger partial charge is 0.369 e. The summed E-state index contributed by atoms with van der Waals surface area (Å²) in [5, 5.41) is 4.08. The van der Waals surface area contributed by atoms with Gasteiger partial charge in [-0.05, 0) is 31.5 Å². The summed E-state index contributed by atoms with van der Waals surface area (Å²) < 4.78 is 0. The number of carbonyl (C=O) groups excluding carboxylic acids is 1. The predicted octanol–water partition coefficient (Wildman–Crippen LogP) is 2.63. The van der Waals surface area contributed by atoms with Gasteiger partial charge < -0.3 is 11.1 Å². The van der Waals surface area contributed by atoms with Crippen molar-refractivity contribution in [3.05, 3.63) is 23.8 Å². The van der Waals surface area contributed by atoms with E-state index in [2.05, 4.69) is 22.2 Å². The number of benzene rings is 1. The first-order valence-corrected chi connectivity index (χ1v) is 6.44. The molecule has 0 saturated heterocycles. The van der Waals surface area contributed by atoms with Crippen molar-refractivity contribution >= 4 is 28.5 Å². The van der Waals surface area contributed by atoms with Gasteiger partial charge >= 0.3 is 0 Å². The minimum absolute atomic E-state index is 0.0261. The molecule has 19 heavy (non-hydrogen) atoms. The fourth-order valence-corrected chi connectivity index (χ4v) is 1.88. The van der Waals surface area contributed by atoms with E-state index >= 15 is 0 Å². The van der Waals surface area contributed by atoms with Crippen LogP contribution in [0.4, 0.5) is 11.8 Å². The number of Topliss-reactive ketones (excluding diaryl/α,β-unsaturated/α-hetero) is 1. The third kappa shape index (κ3) is 2.99. The molecule has 0 fully saturated rings. The Morgan fingerprint density at radius 1 is 1.37 bits per heavy atom. The van der Waals surface area contributed by atoms with Gasteiger partial charge in [0.1, 0.15) is 5.82 Å². The molecule has 0 saturated carbocycles. The summed E-state index contributed by atoms with van der Waals surface area (Å²) in [6.07, 6.45) is 2.15. The number of nitrogens with two attached hydrogens (primary N) is 1. The van der Waals surface area contributed by atoms with Crippen LogP contribution < -0.4 is 11.1 Å². The van der Waals surface area contributed by atoms with E-state index in [1.807, 2.05) is 6.07 Å². The van der Waals surface area contributed by atoms with E-state index in [0.29, 0.717) is 11.4 Å². The second-order valence-electron chi connectivity index (χ2n) is 4.50. The first-order chi connectivity index (χ1) is 9.11. The monoisotopic (exact) mass is 258 g/mol. The molecule has 0 aliphatic rings. The lowest BCUT2D eigenvalue weighted by Gasteiger charge is -2.09. The molecule has 100 valence electrons. The normalized spacial score (nSPS) is 10.6. The molecule has 2 aromatic rings. The molecule has 1 aromatic heterocycles. The number of ketones is 1. The third-order valence-corrected chi connectivity index (χ3v) is 2.94. The lowest BCUT2D eigenvalue weighted by Crippen LogP contribution is -2.07. The fourth-order valence-electron chi connectivity index (χ4n) is 1.88. The van der Waals surface area contributed by atoms with Gasteiger partial charge in [-0.1, -0.05) is 13.3 Å². The number of rotatable bonds is 5.